The molecule has 15 heavy (non-hydrogen) atoms. The highest BCUT2D eigenvalue weighted by Gasteiger charge is 2.19. The standard InChI is InChI=1S/C11H13BrO3/c1-11(14,7-13)6-8-3-4-10(15-2)9(12)5-8/h3-5,7,14H,6H2,1-2H3. The zero-order valence-electron chi connectivity index (χ0n) is 8.66. The van der Waals surface area contributed by atoms with Crippen LogP contribution in [0.15, 0.2) is 22.7 Å². The summed E-state index contributed by atoms with van der Waals surface area (Å²) in [5, 5.41) is 9.58. The molecule has 0 saturated heterocycles. The van der Waals surface area contributed by atoms with Gasteiger partial charge in [0.05, 0.1) is 11.6 Å². The first-order valence-corrected chi connectivity index (χ1v) is 5.29. The zero-order chi connectivity index (χ0) is 11.5. The molecular formula is C11H13BrO3. The van der Waals surface area contributed by atoms with Crippen molar-refractivity contribution in [1.29, 1.82) is 0 Å². The Balaban J connectivity index is 2.89. The Bertz CT molecular complexity index is 361. The molecule has 0 radical (unpaired) electrons. The molecule has 1 unspecified atom stereocenters. The molecule has 0 amide bonds. The molecule has 0 aromatic heterocycles. The van der Waals surface area contributed by atoms with E-state index >= 15 is 0 Å². The van der Waals surface area contributed by atoms with E-state index in [4.69, 9.17) is 4.74 Å². The largest absolute Gasteiger partial charge is 0.496 e. The number of methoxy groups -OCH3 is 1. The van der Waals surface area contributed by atoms with E-state index in [2.05, 4.69) is 15.9 Å². The lowest BCUT2D eigenvalue weighted by Crippen LogP contribution is -2.28. The summed E-state index contributed by atoms with van der Waals surface area (Å²) in [6, 6.07) is 5.44. The molecule has 1 rings (SSSR count). The van der Waals surface area contributed by atoms with Crippen LogP contribution in [0.25, 0.3) is 0 Å². The molecule has 0 aliphatic carbocycles. The average Bonchev–Trinajstić information content (AvgIpc) is 2.17. The topological polar surface area (TPSA) is 46.5 Å². The van der Waals surface area contributed by atoms with Crippen LogP contribution in [-0.4, -0.2) is 24.1 Å². The highest BCUT2D eigenvalue weighted by molar-refractivity contribution is 9.10. The molecule has 0 bridgehead atoms. The van der Waals surface area contributed by atoms with Crippen LogP contribution >= 0.6 is 15.9 Å². The minimum absolute atomic E-state index is 0.291. The smallest absolute Gasteiger partial charge is 0.151 e. The van der Waals surface area contributed by atoms with E-state index in [1.165, 1.54) is 6.92 Å². The maximum absolute atomic E-state index is 10.6. The van der Waals surface area contributed by atoms with Crippen LogP contribution in [0.3, 0.4) is 0 Å². The maximum atomic E-state index is 10.6. The Hall–Kier alpha value is -0.870. The molecule has 0 fully saturated rings. The fourth-order valence-corrected chi connectivity index (χ4v) is 1.86. The van der Waals surface area contributed by atoms with Crippen molar-refractivity contribution in [2.45, 2.75) is 18.9 Å². The third-order valence-corrected chi connectivity index (χ3v) is 2.65. The lowest BCUT2D eigenvalue weighted by atomic mass is 9.98. The molecule has 3 nitrogen and oxygen atoms in total. The fraction of sp³-hybridized carbons (Fsp3) is 0.364. The van der Waals surface area contributed by atoms with Crippen molar-refractivity contribution >= 4 is 22.2 Å². The molecule has 0 saturated carbocycles. The van der Waals surface area contributed by atoms with Crippen molar-refractivity contribution in [2.75, 3.05) is 7.11 Å². The number of hydrogen-bond acceptors (Lipinski definition) is 3. The number of rotatable bonds is 4. The van der Waals surface area contributed by atoms with Gasteiger partial charge in [0.15, 0.2) is 6.29 Å². The number of aldehydes is 1. The van der Waals surface area contributed by atoms with Gasteiger partial charge in [0.25, 0.3) is 0 Å². The van der Waals surface area contributed by atoms with E-state index in [1.807, 2.05) is 12.1 Å². The Morgan fingerprint density at radius 2 is 2.27 bits per heavy atom. The van der Waals surface area contributed by atoms with Crippen LogP contribution in [0.1, 0.15) is 12.5 Å². The van der Waals surface area contributed by atoms with Gasteiger partial charge >= 0.3 is 0 Å². The molecule has 1 N–H and O–H groups in total. The number of halogens is 1. The molecule has 1 aromatic carbocycles. The highest BCUT2D eigenvalue weighted by Crippen LogP contribution is 2.26. The lowest BCUT2D eigenvalue weighted by molar-refractivity contribution is -0.122. The minimum atomic E-state index is -1.31. The zero-order valence-corrected chi connectivity index (χ0v) is 10.2. The third kappa shape index (κ3) is 3.32. The summed E-state index contributed by atoms with van der Waals surface area (Å²) in [6.07, 6.45) is 0.838. The Kier molecular flexibility index (Phi) is 3.88. The van der Waals surface area contributed by atoms with Crippen molar-refractivity contribution < 1.29 is 14.6 Å². The first kappa shape index (κ1) is 12.2. The van der Waals surface area contributed by atoms with E-state index in [0.717, 1.165) is 15.8 Å². The Morgan fingerprint density at radius 1 is 1.60 bits per heavy atom. The van der Waals surface area contributed by atoms with Crippen molar-refractivity contribution in [3.8, 4) is 5.75 Å². The van der Waals surface area contributed by atoms with Gasteiger partial charge in [0.1, 0.15) is 11.4 Å². The van der Waals surface area contributed by atoms with Crippen LogP contribution in [0, 0.1) is 0 Å². The Labute approximate surface area is 97.2 Å². The number of benzene rings is 1. The number of carbonyl (C=O) groups is 1. The molecule has 4 heteroatoms. The summed E-state index contributed by atoms with van der Waals surface area (Å²) in [7, 11) is 1.58. The van der Waals surface area contributed by atoms with Crippen molar-refractivity contribution in [3.63, 3.8) is 0 Å². The van der Waals surface area contributed by atoms with E-state index in [-0.39, 0.29) is 0 Å². The fourth-order valence-electron chi connectivity index (χ4n) is 1.27. The quantitative estimate of drug-likeness (QED) is 0.853. The summed E-state index contributed by atoms with van der Waals surface area (Å²) >= 11 is 3.34. The second-order valence-corrected chi connectivity index (χ2v) is 4.48. The van der Waals surface area contributed by atoms with Crippen LogP contribution in [0.4, 0.5) is 0 Å². The van der Waals surface area contributed by atoms with Gasteiger partial charge in [-0.1, -0.05) is 6.07 Å². The van der Waals surface area contributed by atoms with E-state index in [0.29, 0.717) is 12.7 Å². The number of hydrogen-bond donors (Lipinski definition) is 1. The molecule has 0 heterocycles. The molecule has 82 valence electrons. The summed E-state index contributed by atoms with van der Waals surface area (Å²) in [4.78, 5) is 10.6. The van der Waals surface area contributed by atoms with Crippen molar-refractivity contribution in [2.24, 2.45) is 0 Å². The first-order valence-electron chi connectivity index (χ1n) is 4.49. The predicted octanol–water partition coefficient (Wildman–Crippen LogP) is 1.95. The van der Waals surface area contributed by atoms with Crippen LogP contribution in [0.2, 0.25) is 0 Å². The van der Waals surface area contributed by atoms with E-state index in [1.54, 1.807) is 13.2 Å². The van der Waals surface area contributed by atoms with Gasteiger partial charge in [-0.2, -0.15) is 0 Å². The van der Waals surface area contributed by atoms with Gasteiger partial charge in [0.2, 0.25) is 0 Å². The van der Waals surface area contributed by atoms with Gasteiger partial charge < -0.3 is 14.6 Å². The second kappa shape index (κ2) is 4.77. The molecular weight excluding hydrogens is 260 g/mol. The van der Waals surface area contributed by atoms with Crippen molar-refractivity contribution in [1.82, 2.24) is 0 Å². The number of carbonyl (C=O) groups excluding carboxylic acids is 1. The Morgan fingerprint density at radius 3 is 2.73 bits per heavy atom. The predicted molar refractivity (Wildman–Crippen MR) is 61.1 cm³/mol. The average molecular weight is 273 g/mol. The van der Waals surface area contributed by atoms with Gasteiger partial charge in [-0.3, -0.25) is 0 Å². The summed E-state index contributed by atoms with van der Waals surface area (Å²) in [5.41, 5.74) is -0.437. The van der Waals surface area contributed by atoms with Gasteiger partial charge in [0, 0.05) is 6.42 Å². The molecule has 0 aliphatic heterocycles. The lowest BCUT2D eigenvalue weighted by Gasteiger charge is -2.16. The summed E-state index contributed by atoms with van der Waals surface area (Å²) in [6.45, 7) is 1.48. The molecule has 1 atom stereocenters. The normalized spacial score (nSPS) is 14.4. The SMILES string of the molecule is COc1ccc(CC(C)(O)C=O)cc1Br. The van der Waals surface area contributed by atoms with Crippen molar-refractivity contribution in [3.05, 3.63) is 28.2 Å². The van der Waals surface area contributed by atoms with Crippen LogP contribution in [0.5, 0.6) is 5.75 Å². The maximum Gasteiger partial charge on any atom is 0.151 e. The van der Waals surface area contributed by atoms with Crippen LogP contribution < -0.4 is 4.74 Å². The first-order chi connectivity index (χ1) is 6.98. The second-order valence-electron chi connectivity index (χ2n) is 3.62. The van der Waals surface area contributed by atoms with Crippen LogP contribution in [-0.2, 0) is 11.2 Å². The molecule has 1 aromatic rings. The van der Waals surface area contributed by atoms with Gasteiger partial charge in [-0.05, 0) is 40.5 Å². The molecule has 0 aliphatic rings. The summed E-state index contributed by atoms with van der Waals surface area (Å²) in [5.74, 6) is 0.726. The molecule has 0 spiro atoms. The van der Waals surface area contributed by atoms with E-state index < -0.39 is 5.60 Å². The third-order valence-electron chi connectivity index (χ3n) is 2.03. The van der Waals surface area contributed by atoms with E-state index in [9.17, 15) is 9.90 Å². The highest BCUT2D eigenvalue weighted by atomic mass is 79.9. The number of ether oxygens (including phenoxy) is 1. The minimum Gasteiger partial charge on any atom is -0.496 e. The van der Waals surface area contributed by atoms with Gasteiger partial charge in [-0.15, -0.1) is 0 Å². The van der Waals surface area contributed by atoms with Gasteiger partial charge in [-0.25, -0.2) is 0 Å². The summed E-state index contributed by atoms with van der Waals surface area (Å²) < 4.78 is 5.89. The number of aliphatic hydroxyl groups is 1. The monoisotopic (exact) mass is 272 g/mol.